The van der Waals surface area contributed by atoms with Gasteiger partial charge in [0.05, 0.1) is 34.8 Å². The van der Waals surface area contributed by atoms with Crippen molar-refractivity contribution in [3.63, 3.8) is 0 Å². The Morgan fingerprint density at radius 3 is 2.43 bits per heavy atom. The molecule has 0 saturated carbocycles. The lowest BCUT2D eigenvalue weighted by Gasteiger charge is -2.16. The van der Waals surface area contributed by atoms with E-state index in [2.05, 4.69) is 16.4 Å². The van der Waals surface area contributed by atoms with Gasteiger partial charge in [-0.05, 0) is 54.6 Å². The molecule has 0 aliphatic carbocycles. The molecular weight excluding hydrogens is 509 g/mol. The first-order valence-corrected chi connectivity index (χ1v) is 12.3. The van der Waals surface area contributed by atoms with Gasteiger partial charge in [0.2, 0.25) is 0 Å². The number of rotatable bonds is 8. The molecule has 0 spiro atoms. The summed E-state index contributed by atoms with van der Waals surface area (Å²) in [5.41, 5.74) is 2.46. The van der Waals surface area contributed by atoms with Gasteiger partial charge in [-0.15, -0.1) is 11.6 Å². The third kappa shape index (κ3) is 4.92. The lowest BCUT2D eigenvalue weighted by Crippen LogP contribution is -2.01. The molecule has 0 saturated heterocycles. The van der Waals surface area contributed by atoms with Crippen molar-refractivity contribution in [2.24, 2.45) is 0 Å². The minimum Gasteiger partial charge on any atom is -0.492 e. The second-order valence-corrected chi connectivity index (χ2v) is 8.82. The van der Waals surface area contributed by atoms with Crippen LogP contribution in [0.3, 0.4) is 0 Å². The van der Waals surface area contributed by atoms with E-state index in [1.165, 1.54) is 0 Å². The van der Waals surface area contributed by atoms with Gasteiger partial charge in [-0.3, -0.25) is 4.98 Å². The lowest BCUT2D eigenvalue weighted by molar-refractivity contribution is 0.315. The normalized spacial score (nSPS) is 10.8. The Morgan fingerprint density at radius 2 is 1.70 bits per heavy atom. The van der Waals surface area contributed by atoms with Gasteiger partial charge in [-0.25, -0.2) is 0 Å². The predicted molar refractivity (Wildman–Crippen MR) is 148 cm³/mol. The number of anilines is 2. The summed E-state index contributed by atoms with van der Waals surface area (Å²) in [5.74, 6) is 2.80. The van der Waals surface area contributed by atoms with E-state index in [1.54, 1.807) is 25.4 Å². The highest BCUT2D eigenvalue weighted by Crippen LogP contribution is 2.41. The number of ether oxygens (including phenoxy) is 3. The summed E-state index contributed by atoms with van der Waals surface area (Å²) < 4.78 is 17.3. The van der Waals surface area contributed by atoms with Gasteiger partial charge in [-0.1, -0.05) is 29.8 Å². The maximum Gasteiger partial charge on any atom is 0.168 e. The fraction of sp³-hybridized carbons (Fsp3) is 0.103. The number of aromatic nitrogens is 1. The van der Waals surface area contributed by atoms with Gasteiger partial charge < -0.3 is 19.5 Å². The summed E-state index contributed by atoms with van der Waals surface area (Å²) in [6, 6.07) is 24.7. The first-order chi connectivity index (χ1) is 18.1. The Hall–Kier alpha value is -4.18. The number of alkyl halides is 1. The summed E-state index contributed by atoms with van der Waals surface area (Å²) in [5, 5.41) is 16.1. The second kappa shape index (κ2) is 10.8. The first-order valence-electron chi connectivity index (χ1n) is 11.4. The fourth-order valence-electron chi connectivity index (χ4n) is 4.14. The Balaban J connectivity index is 1.55. The van der Waals surface area contributed by atoms with Crippen LogP contribution in [0.15, 0.2) is 79.0 Å². The zero-order chi connectivity index (χ0) is 25.8. The predicted octanol–water partition coefficient (Wildman–Crippen LogP) is 8.08. The third-order valence-electron chi connectivity index (χ3n) is 5.78. The number of fused-ring (bicyclic) bond motifs is 3. The largest absolute Gasteiger partial charge is 0.492 e. The molecule has 4 aromatic carbocycles. The summed E-state index contributed by atoms with van der Waals surface area (Å²) in [7, 11) is 1.60. The standard InChI is InChI=1S/C29H21Cl2N3O3/c1-35-29-22-8-9-23-27(18(16-32)17-33-28(23)21(22)10-12-26(29)36-14-13-30)34-19-7-11-25(24(31)15-19)37-20-5-3-2-4-6-20/h2-12,15,17H,13-14H2,1H3,(H,33,34). The highest BCUT2D eigenvalue weighted by atomic mass is 35.5. The average Bonchev–Trinajstić information content (AvgIpc) is 2.93. The quantitative estimate of drug-likeness (QED) is 0.162. The third-order valence-corrected chi connectivity index (χ3v) is 6.23. The van der Waals surface area contributed by atoms with Crippen molar-refractivity contribution in [1.82, 2.24) is 4.98 Å². The number of methoxy groups -OCH3 is 1. The molecule has 0 aliphatic rings. The van der Waals surface area contributed by atoms with Crippen LogP contribution in [0.25, 0.3) is 21.7 Å². The zero-order valence-corrected chi connectivity index (χ0v) is 21.3. The Labute approximate surface area is 223 Å². The van der Waals surface area contributed by atoms with Crippen molar-refractivity contribution in [2.75, 3.05) is 24.9 Å². The summed E-state index contributed by atoms with van der Waals surface area (Å²) in [4.78, 5) is 4.60. The summed E-state index contributed by atoms with van der Waals surface area (Å²) >= 11 is 12.3. The fourth-order valence-corrected chi connectivity index (χ4v) is 4.43. The van der Waals surface area contributed by atoms with Crippen molar-refractivity contribution < 1.29 is 14.2 Å². The number of nitriles is 1. The van der Waals surface area contributed by atoms with Crippen LogP contribution in [0.1, 0.15) is 5.56 Å². The molecule has 0 atom stereocenters. The van der Waals surface area contributed by atoms with E-state index < -0.39 is 0 Å². The number of para-hydroxylation sites is 1. The summed E-state index contributed by atoms with van der Waals surface area (Å²) in [6.45, 7) is 0.368. The van der Waals surface area contributed by atoms with E-state index in [4.69, 9.17) is 37.4 Å². The van der Waals surface area contributed by atoms with Gasteiger partial charge >= 0.3 is 0 Å². The molecule has 0 aliphatic heterocycles. The molecule has 0 bridgehead atoms. The number of nitrogens with zero attached hydrogens (tertiary/aromatic N) is 2. The molecule has 8 heteroatoms. The Morgan fingerprint density at radius 1 is 0.946 bits per heavy atom. The number of nitrogens with one attached hydrogen (secondary N) is 1. The van der Waals surface area contributed by atoms with E-state index in [1.807, 2.05) is 60.7 Å². The van der Waals surface area contributed by atoms with Crippen LogP contribution in [-0.4, -0.2) is 24.6 Å². The Kier molecular flexibility index (Phi) is 7.18. The van der Waals surface area contributed by atoms with E-state index >= 15 is 0 Å². The Bertz CT molecular complexity index is 1640. The molecule has 5 rings (SSSR count). The number of benzene rings is 4. The van der Waals surface area contributed by atoms with Crippen LogP contribution in [0, 0.1) is 11.3 Å². The van der Waals surface area contributed by atoms with Crippen LogP contribution in [0.4, 0.5) is 11.4 Å². The van der Waals surface area contributed by atoms with Crippen molar-refractivity contribution in [3.05, 3.63) is 89.6 Å². The van der Waals surface area contributed by atoms with Crippen LogP contribution in [-0.2, 0) is 0 Å². The monoisotopic (exact) mass is 529 g/mol. The van der Waals surface area contributed by atoms with E-state index in [0.717, 1.165) is 21.7 Å². The molecule has 37 heavy (non-hydrogen) atoms. The molecular formula is C29H21Cl2N3O3. The highest BCUT2D eigenvalue weighted by molar-refractivity contribution is 6.32. The van der Waals surface area contributed by atoms with Gasteiger partial charge in [0, 0.05) is 28.0 Å². The molecule has 1 aromatic heterocycles. The van der Waals surface area contributed by atoms with Gasteiger partial charge in [0.1, 0.15) is 24.2 Å². The van der Waals surface area contributed by atoms with E-state index in [-0.39, 0.29) is 0 Å². The van der Waals surface area contributed by atoms with Crippen molar-refractivity contribution in [1.29, 1.82) is 5.26 Å². The van der Waals surface area contributed by atoms with Crippen LogP contribution >= 0.6 is 23.2 Å². The van der Waals surface area contributed by atoms with Gasteiger partial charge in [0.25, 0.3) is 0 Å². The maximum absolute atomic E-state index is 9.81. The number of hydrogen-bond donors (Lipinski definition) is 1. The van der Waals surface area contributed by atoms with Crippen LogP contribution < -0.4 is 19.5 Å². The zero-order valence-electron chi connectivity index (χ0n) is 19.8. The molecule has 1 heterocycles. The highest BCUT2D eigenvalue weighted by Gasteiger charge is 2.16. The topological polar surface area (TPSA) is 76.4 Å². The lowest BCUT2D eigenvalue weighted by atomic mass is 10.0. The molecule has 5 aromatic rings. The minimum absolute atomic E-state index is 0.368. The smallest absolute Gasteiger partial charge is 0.168 e. The number of pyridine rings is 1. The molecule has 1 N–H and O–H groups in total. The van der Waals surface area contributed by atoms with Crippen LogP contribution in [0.5, 0.6) is 23.0 Å². The average molecular weight is 530 g/mol. The van der Waals surface area contributed by atoms with E-state index in [9.17, 15) is 5.26 Å². The molecule has 0 unspecified atom stereocenters. The van der Waals surface area contributed by atoms with Crippen molar-refractivity contribution in [3.8, 4) is 29.1 Å². The number of halogens is 2. The summed E-state index contributed by atoms with van der Waals surface area (Å²) in [6.07, 6.45) is 1.56. The van der Waals surface area contributed by atoms with E-state index in [0.29, 0.717) is 57.4 Å². The van der Waals surface area contributed by atoms with Crippen LogP contribution in [0.2, 0.25) is 5.02 Å². The van der Waals surface area contributed by atoms with Gasteiger partial charge in [-0.2, -0.15) is 5.26 Å². The SMILES string of the molecule is COc1c(OCCCl)ccc2c1ccc1c(Nc3ccc(Oc4ccccc4)c(Cl)c3)c(C#N)cnc12. The van der Waals surface area contributed by atoms with Crippen molar-refractivity contribution >= 4 is 56.3 Å². The van der Waals surface area contributed by atoms with Crippen molar-refractivity contribution in [2.45, 2.75) is 0 Å². The minimum atomic E-state index is 0.368. The molecule has 0 radical (unpaired) electrons. The molecule has 6 nitrogen and oxygen atoms in total. The first kappa shape index (κ1) is 24.5. The second-order valence-electron chi connectivity index (χ2n) is 8.04. The number of hydrogen-bond acceptors (Lipinski definition) is 6. The molecule has 0 fully saturated rings. The van der Waals surface area contributed by atoms with Gasteiger partial charge in [0.15, 0.2) is 11.5 Å². The molecule has 184 valence electrons. The maximum atomic E-state index is 9.81. The molecule has 0 amide bonds.